The van der Waals surface area contributed by atoms with Gasteiger partial charge in [-0.3, -0.25) is 0 Å². The van der Waals surface area contributed by atoms with Crippen LogP contribution in [0.4, 0.5) is 5.69 Å². The van der Waals surface area contributed by atoms with E-state index < -0.39 is 0 Å². The SMILES string of the molecule is CNc1cccc2c1C=CCC=C2S. The first-order valence-electron chi connectivity index (χ1n) is 4.69. The molecule has 0 fully saturated rings. The largest absolute Gasteiger partial charge is 0.388 e. The lowest BCUT2D eigenvalue weighted by atomic mass is 10.1. The van der Waals surface area contributed by atoms with Crippen molar-refractivity contribution in [2.75, 3.05) is 12.4 Å². The molecule has 0 aromatic heterocycles. The molecule has 0 saturated carbocycles. The van der Waals surface area contributed by atoms with Crippen molar-refractivity contribution >= 4 is 29.3 Å². The number of hydrogen-bond acceptors (Lipinski definition) is 2. The molecule has 0 spiro atoms. The number of nitrogens with one attached hydrogen (secondary N) is 1. The molecular weight excluding hydrogens is 190 g/mol. The highest BCUT2D eigenvalue weighted by atomic mass is 32.1. The molecule has 2 rings (SSSR count). The first kappa shape index (κ1) is 9.41. The number of thiol groups is 1. The molecule has 0 amide bonds. The Balaban J connectivity index is 2.64. The third kappa shape index (κ3) is 1.58. The Labute approximate surface area is 89.9 Å². The Hall–Kier alpha value is -1.15. The van der Waals surface area contributed by atoms with Gasteiger partial charge in [0, 0.05) is 23.2 Å². The molecular formula is C12H13NS. The second-order valence-corrected chi connectivity index (χ2v) is 3.73. The quantitative estimate of drug-likeness (QED) is 0.666. The fraction of sp³-hybridized carbons (Fsp3) is 0.167. The van der Waals surface area contributed by atoms with E-state index in [1.807, 2.05) is 13.1 Å². The molecule has 0 saturated heterocycles. The fourth-order valence-electron chi connectivity index (χ4n) is 1.66. The van der Waals surface area contributed by atoms with Gasteiger partial charge in [-0.25, -0.2) is 0 Å². The van der Waals surface area contributed by atoms with E-state index in [2.05, 4.69) is 48.3 Å². The lowest BCUT2D eigenvalue weighted by Gasteiger charge is -2.10. The van der Waals surface area contributed by atoms with Gasteiger partial charge in [-0.1, -0.05) is 30.4 Å². The molecule has 0 unspecified atom stereocenters. The molecule has 1 aromatic rings. The van der Waals surface area contributed by atoms with Crippen molar-refractivity contribution in [2.45, 2.75) is 6.42 Å². The van der Waals surface area contributed by atoms with E-state index >= 15 is 0 Å². The van der Waals surface area contributed by atoms with E-state index in [0.717, 1.165) is 17.0 Å². The molecule has 72 valence electrons. The molecule has 0 radical (unpaired) electrons. The lowest BCUT2D eigenvalue weighted by Crippen LogP contribution is -1.94. The summed E-state index contributed by atoms with van der Waals surface area (Å²) in [5.41, 5.74) is 3.59. The van der Waals surface area contributed by atoms with Gasteiger partial charge in [0.15, 0.2) is 0 Å². The number of fused-ring (bicyclic) bond motifs is 1. The third-order valence-corrected chi connectivity index (χ3v) is 2.81. The maximum Gasteiger partial charge on any atom is 0.0417 e. The first-order chi connectivity index (χ1) is 6.83. The van der Waals surface area contributed by atoms with Gasteiger partial charge < -0.3 is 5.32 Å². The van der Waals surface area contributed by atoms with Gasteiger partial charge in [0.1, 0.15) is 0 Å². The van der Waals surface area contributed by atoms with Gasteiger partial charge in [-0.05, 0) is 18.1 Å². The average Bonchev–Trinajstić information content (AvgIpc) is 2.41. The van der Waals surface area contributed by atoms with Crippen LogP contribution in [0.25, 0.3) is 11.0 Å². The second-order valence-electron chi connectivity index (χ2n) is 3.24. The zero-order valence-corrected chi connectivity index (χ0v) is 9.01. The minimum atomic E-state index is 0.955. The van der Waals surface area contributed by atoms with E-state index in [9.17, 15) is 0 Å². The molecule has 1 nitrogen and oxygen atoms in total. The summed E-state index contributed by atoms with van der Waals surface area (Å²) in [7, 11) is 1.94. The minimum Gasteiger partial charge on any atom is -0.388 e. The van der Waals surface area contributed by atoms with Crippen LogP contribution < -0.4 is 5.32 Å². The van der Waals surface area contributed by atoms with Crippen molar-refractivity contribution in [3.8, 4) is 0 Å². The van der Waals surface area contributed by atoms with Crippen LogP contribution in [-0.2, 0) is 0 Å². The van der Waals surface area contributed by atoms with Crippen molar-refractivity contribution in [3.63, 3.8) is 0 Å². The Morgan fingerprint density at radius 2 is 2.21 bits per heavy atom. The minimum absolute atomic E-state index is 0.955. The Bertz CT molecular complexity index is 405. The highest BCUT2D eigenvalue weighted by Crippen LogP contribution is 2.31. The molecule has 0 heterocycles. The van der Waals surface area contributed by atoms with Gasteiger partial charge in [-0.15, -0.1) is 12.6 Å². The smallest absolute Gasteiger partial charge is 0.0417 e. The van der Waals surface area contributed by atoms with Crippen LogP contribution in [0.5, 0.6) is 0 Å². The highest BCUT2D eigenvalue weighted by molar-refractivity contribution is 7.90. The van der Waals surface area contributed by atoms with Crippen LogP contribution in [0.2, 0.25) is 0 Å². The van der Waals surface area contributed by atoms with E-state index in [1.54, 1.807) is 0 Å². The van der Waals surface area contributed by atoms with Crippen molar-refractivity contribution in [3.05, 3.63) is 41.5 Å². The molecule has 2 heteroatoms. The maximum atomic E-state index is 4.49. The lowest BCUT2D eigenvalue weighted by molar-refractivity contribution is 1.43. The summed E-state index contributed by atoms with van der Waals surface area (Å²) in [6.45, 7) is 0. The predicted octanol–water partition coefficient (Wildman–Crippen LogP) is 3.42. The van der Waals surface area contributed by atoms with Crippen LogP contribution in [-0.4, -0.2) is 7.05 Å². The molecule has 1 aromatic carbocycles. The van der Waals surface area contributed by atoms with Crippen LogP contribution in [0.1, 0.15) is 17.5 Å². The molecule has 14 heavy (non-hydrogen) atoms. The van der Waals surface area contributed by atoms with E-state index in [-0.39, 0.29) is 0 Å². The van der Waals surface area contributed by atoms with Gasteiger partial charge in [-0.2, -0.15) is 0 Å². The molecule has 0 bridgehead atoms. The predicted molar refractivity (Wildman–Crippen MR) is 66.6 cm³/mol. The number of hydrogen-bond donors (Lipinski definition) is 2. The van der Waals surface area contributed by atoms with Crippen LogP contribution in [0.3, 0.4) is 0 Å². The fourth-order valence-corrected chi connectivity index (χ4v) is 1.96. The van der Waals surface area contributed by atoms with Crippen LogP contribution >= 0.6 is 12.6 Å². The Morgan fingerprint density at radius 1 is 1.36 bits per heavy atom. The van der Waals surface area contributed by atoms with Crippen molar-refractivity contribution < 1.29 is 0 Å². The Kier molecular flexibility index (Phi) is 2.64. The van der Waals surface area contributed by atoms with Crippen molar-refractivity contribution in [1.82, 2.24) is 0 Å². The Morgan fingerprint density at radius 3 is 3.00 bits per heavy atom. The molecule has 0 aliphatic heterocycles. The van der Waals surface area contributed by atoms with Crippen molar-refractivity contribution in [1.29, 1.82) is 0 Å². The summed E-state index contributed by atoms with van der Waals surface area (Å²) in [5.74, 6) is 0. The van der Waals surface area contributed by atoms with Crippen LogP contribution in [0, 0.1) is 0 Å². The molecule has 0 atom stereocenters. The zero-order valence-electron chi connectivity index (χ0n) is 8.12. The number of rotatable bonds is 1. The highest BCUT2D eigenvalue weighted by Gasteiger charge is 2.08. The molecule has 1 N–H and O–H groups in total. The van der Waals surface area contributed by atoms with Gasteiger partial charge in [0.25, 0.3) is 0 Å². The number of benzene rings is 1. The summed E-state index contributed by atoms with van der Waals surface area (Å²) in [6.07, 6.45) is 7.39. The summed E-state index contributed by atoms with van der Waals surface area (Å²) < 4.78 is 0. The van der Waals surface area contributed by atoms with Gasteiger partial charge >= 0.3 is 0 Å². The maximum absolute atomic E-state index is 4.49. The summed E-state index contributed by atoms with van der Waals surface area (Å²) in [6, 6.07) is 6.23. The standard InChI is InChI=1S/C12H13NS/c1-13-11-7-4-6-10-9(11)5-2-3-8-12(10)14/h2,4-8,13-14H,3H2,1H3. The summed E-state index contributed by atoms with van der Waals surface area (Å²) in [5, 5.41) is 3.19. The molecule has 1 aliphatic carbocycles. The van der Waals surface area contributed by atoms with E-state index in [4.69, 9.17) is 0 Å². The van der Waals surface area contributed by atoms with Crippen LogP contribution in [0.15, 0.2) is 30.4 Å². The van der Waals surface area contributed by atoms with Gasteiger partial charge in [0.2, 0.25) is 0 Å². The van der Waals surface area contributed by atoms with Gasteiger partial charge in [0.05, 0.1) is 0 Å². The number of allylic oxidation sites excluding steroid dienone is 2. The van der Waals surface area contributed by atoms with E-state index in [1.165, 1.54) is 11.1 Å². The third-order valence-electron chi connectivity index (χ3n) is 2.38. The zero-order chi connectivity index (χ0) is 9.97. The van der Waals surface area contributed by atoms with Crippen molar-refractivity contribution in [2.24, 2.45) is 0 Å². The summed E-state index contributed by atoms with van der Waals surface area (Å²) in [4.78, 5) is 1.06. The topological polar surface area (TPSA) is 12.0 Å². The van der Waals surface area contributed by atoms with E-state index in [0.29, 0.717) is 0 Å². The second kappa shape index (κ2) is 3.93. The number of anilines is 1. The molecule has 1 aliphatic rings. The summed E-state index contributed by atoms with van der Waals surface area (Å²) >= 11 is 4.49. The first-order valence-corrected chi connectivity index (χ1v) is 5.14. The normalized spacial score (nSPS) is 14.3. The average molecular weight is 203 g/mol. The monoisotopic (exact) mass is 203 g/mol.